The summed E-state index contributed by atoms with van der Waals surface area (Å²) >= 11 is 5.94. The van der Waals surface area contributed by atoms with Crippen LogP contribution in [-0.4, -0.2) is 17.7 Å². The molecule has 0 saturated carbocycles. The molecule has 0 aliphatic rings. The van der Waals surface area contributed by atoms with Gasteiger partial charge >= 0.3 is 0 Å². The van der Waals surface area contributed by atoms with Gasteiger partial charge in [-0.1, -0.05) is 36.6 Å². The summed E-state index contributed by atoms with van der Waals surface area (Å²) in [5.74, 6) is 0.376. The molecule has 2 N–H and O–H groups in total. The van der Waals surface area contributed by atoms with Crippen LogP contribution in [0, 0.1) is 0 Å². The largest absolute Gasteiger partial charge is 0.492 e. The van der Waals surface area contributed by atoms with Gasteiger partial charge in [0.05, 0.1) is 11.6 Å². The number of carbonyl (C=O) groups is 1. The molecule has 0 aliphatic heterocycles. The molecule has 18 heavy (non-hydrogen) atoms. The third kappa shape index (κ3) is 5.89. The van der Waals surface area contributed by atoms with Crippen LogP contribution in [0.15, 0.2) is 24.3 Å². The molecule has 0 radical (unpaired) electrons. The molecule has 100 valence electrons. The van der Waals surface area contributed by atoms with Crippen LogP contribution in [0.3, 0.4) is 0 Å². The zero-order chi connectivity index (χ0) is 13.2. The Labute approximate surface area is 112 Å². The lowest BCUT2D eigenvalue weighted by atomic mass is 10.1. The van der Waals surface area contributed by atoms with E-state index in [9.17, 15) is 4.79 Å². The molecule has 1 aromatic carbocycles. The van der Waals surface area contributed by atoms with Crippen molar-refractivity contribution in [1.82, 2.24) is 5.48 Å². The smallest absolute Gasteiger partial charge is 0.243 e. The van der Waals surface area contributed by atoms with E-state index in [0.717, 1.165) is 25.7 Å². The highest BCUT2D eigenvalue weighted by molar-refractivity contribution is 6.32. The second kappa shape index (κ2) is 8.78. The first-order valence-electron chi connectivity index (χ1n) is 6.04. The Morgan fingerprint density at radius 1 is 1.22 bits per heavy atom. The summed E-state index contributed by atoms with van der Waals surface area (Å²) in [5, 5.41) is 8.92. The molecule has 4 nitrogen and oxygen atoms in total. The standard InChI is InChI=1S/C13H18ClNO3/c14-11-7-4-5-8-12(11)18-10-6-2-1-3-9-13(16)15-17/h4-5,7-8,17H,1-3,6,9-10H2,(H,15,16). The van der Waals surface area contributed by atoms with Gasteiger partial charge in [0.1, 0.15) is 5.75 Å². The van der Waals surface area contributed by atoms with E-state index < -0.39 is 0 Å². The SMILES string of the molecule is O=C(CCCCCCOc1ccccc1Cl)NO. The Balaban J connectivity index is 2.02. The van der Waals surface area contributed by atoms with Gasteiger partial charge in [0.2, 0.25) is 5.91 Å². The highest BCUT2D eigenvalue weighted by Crippen LogP contribution is 2.23. The molecule has 5 heteroatoms. The fourth-order valence-corrected chi connectivity index (χ4v) is 1.73. The number of unbranched alkanes of at least 4 members (excludes halogenated alkanes) is 3. The minimum absolute atomic E-state index is 0.331. The molecule has 0 aromatic heterocycles. The molecule has 1 amide bonds. The van der Waals surface area contributed by atoms with Gasteiger partial charge < -0.3 is 4.74 Å². The minimum atomic E-state index is -0.331. The zero-order valence-corrected chi connectivity index (χ0v) is 10.9. The Hall–Kier alpha value is -1.26. The summed E-state index contributed by atoms with van der Waals surface area (Å²) in [6, 6.07) is 7.38. The molecular weight excluding hydrogens is 254 g/mol. The summed E-state index contributed by atoms with van der Waals surface area (Å²) in [7, 11) is 0. The number of para-hydroxylation sites is 1. The van der Waals surface area contributed by atoms with Crippen molar-refractivity contribution in [2.75, 3.05) is 6.61 Å². The van der Waals surface area contributed by atoms with E-state index in [1.807, 2.05) is 18.2 Å². The molecule has 0 aliphatic carbocycles. The average Bonchev–Trinajstić information content (AvgIpc) is 2.39. The minimum Gasteiger partial charge on any atom is -0.492 e. The van der Waals surface area contributed by atoms with Crippen LogP contribution < -0.4 is 10.2 Å². The Morgan fingerprint density at radius 3 is 2.67 bits per heavy atom. The number of hydrogen-bond donors (Lipinski definition) is 2. The second-order valence-electron chi connectivity index (χ2n) is 3.98. The highest BCUT2D eigenvalue weighted by atomic mass is 35.5. The van der Waals surface area contributed by atoms with Crippen molar-refractivity contribution in [1.29, 1.82) is 0 Å². The number of benzene rings is 1. The van der Waals surface area contributed by atoms with Crippen LogP contribution in [0.2, 0.25) is 5.02 Å². The Bertz CT molecular complexity index is 371. The van der Waals surface area contributed by atoms with Crippen LogP contribution in [0.25, 0.3) is 0 Å². The van der Waals surface area contributed by atoms with Crippen molar-refractivity contribution < 1.29 is 14.7 Å². The van der Waals surface area contributed by atoms with Gasteiger partial charge in [-0.15, -0.1) is 0 Å². The molecule has 1 aromatic rings. The van der Waals surface area contributed by atoms with Crippen molar-refractivity contribution in [3.05, 3.63) is 29.3 Å². The van der Waals surface area contributed by atoms with Crippen molar-refractivity contribution in [2.24, 2.45) is 0 Å². The predicted molar refractivity (Wildman–Crippen MR) is 70.0 cm³/mol. The first-order chi connectivity index (χ1) is 8.74. The number of amides is 1. The van der Waals surface area contributed by atoms with Crippen LogP contribution >= 0.6 is 11.6 Å². The normalized spacial score (nSPS) is 10.1. The third-order valence-electron chi connectivity index (χ3n) is 2.52. The summed E-state index contributed by atoms with van der Waals surface area (Å²) in [5.41, 5.74) is 1.62. The maximum Gasteiger partial charge on any atom is 0.243 e. The molecule has 0 saturated heterocycles. The van der Waals surface area contributed by atoms with Gasteiger partial charge in [-0.05, 0) is 25.0 Å². The lowest BCUT2D eigenvalue weighted by Crippen LogP contribution is -2.17. The number of hydrogen-bond acceptors (Lipinski definition) is 3. The van der Waals surface area contributed by atoms with Gasteiger partial charge in [0, 0.05) is 6.42 Å². The van der Waals surface area contributed by atoms with Crippen molar-refractivity contribution in [3.63, 3.8) is 0 Å². The number of carbonyl (C=O) groups excluding carboxylic acids is 1. The van der Waals surface area contributed by atoms with Crippen LogP contribution in [0.4, 0.5) is 0 Å². The average molecular weight is 272 g/mol. The zero-order valence-electron chi connectivity index (χ0n) is 10.2. The van der Waals surface area contributed by atoms with E-state index in [2.05, 4.69) is 0 Å². The third-order valence-corrected chi connectivity index (χ3v) is 2.83. The van der Waals surface area contributed by atoms with Crippen molar-refractivity contribution in [3.8, 4) is 5.75 Å². The Morgan fingerprint density at radius 2 is 1.94 bits per heavy atom. The number of hydroxylamine groups is 1. The maximum absolute atomic E-state index is 10.7. The molecular formula is C13H18ClNO3. The number of rotatable bonds is 8. The van der Waals surface area contributed by atoms with E-state index in [1.54, 1.807) is 11.5 Å². The first kappa shape index (κ1) is 14.8. The fourth-order valence-electron chi connectivity index (χ4n) is 1.54. The van der Waals surface area contributed by atoms with Gasteiger partial charge in [-0.3, -0.25) is 10.0 Å². The molecule has 0 atom stereocenters. The van der Waals surface area contributed by atoms with E-state index in [1.165, 1.54) is 0 Å². The van der Waals surface area contributed by atoms with Crippen molar-refractivity contribution >= 4 is 17.5 Å². The van der Waals surface area contributed by atoms with Gasteiger partial charge in [0.25, 0.3) is 0 Å². The van der Waals surface area contributed by atoms with Gasteiger partial charge in [0.15, 0.2) is 0 Å². The molecule has 0 bridgehead atoms. The van der Waals surface area contributed by atoms with Crippen LogP contribution in [0.1, 0.15) is 32.1 Å². The molecule has 1 rings (SSSR count). The summed E-state index contributed by atoms with van der Waals surface area (Å²) in [4.78, 5) is 10.7. The summed E-state index contributed by atoms with van der Waals surface area (Å²) < 4.78 is 5.53. The van der Waals surface area contributed by atoms with E-state index in [-0.39, 0.29) is 5.91 Å². The molecule has 0 unspecified atom stereocenters. The first-order valence-corrected chi connectivity index (χ1v) is 6.42. The topological polar surface area (TPSA) is 58.6 Å². The number of nitrogens with one attached hydrogen (secondary N) is 1. The molecule has 0 heterocycles. The molecule has 0 fully saturated rings. The number of ether oxygens (including phenoxy) is 1. The lowest BCUT2D eigenvalue weighted by Gasteiger charge is -2.07. The van der Waals surface area contributed by atoms with Gasteiger partial charge in [-0.2, -0.15) is 0 Å². The van der Waals surface area contributed by atoms with Crippen LogP contribution in [0.5, 0.6) is 5.75 Å². The maximum atomic E-state index is 10.7. The van der Waals surface area contributed by atoms with E-state index >= 15 is 0 Å². The Kier molecular flexibility index (Phi) is 7.22. The van der Waals surface area contributed by atoms with Crippen molar-refractivity contribution in [2.45, 2.75) is 32.1 Å². The van der Waals surface area contributed by atoms with Gasteiger partial charge in [-0.25, -0.2) is 5.48 Å². The highest BCUT2D eigenvalue weighted by Gasteiger charge is 2.00. The summed E-state index contributed by atoms with van der Waals surface area (Å²) in [6.45, 7) is 0.621. The van der Waals surface area contributed by atoms with Crippen LogP contribution in [-0.2, 0) is 4.79 Å². The van der Waals surface area contributed by atoms with E-state index in [4.69, 9.17) is 21.5 Å². The lowest BCUT2D eigenvalue weighted by molar-refractivity contribution is -0.129. The number of halogens is 1. The van der Waals surface area contributed by atoms with E-state index in [0.29, 0.717) is 23.8 Å². The second-order valence-corrected chi connectivity index (χ2v) is 4.39. The quantitative estimate of drug-likeness (QED) is 0.434. The fraction of sp³-hybridized carbons (Fsp3) is 0.462. The molecule has 0 spiro atoms. The summed E-state index contributed by atoms with van der Waals surface area (Å²) in [6.07, 6.45) is 3.99. The monoisotopic (exact) mass is 271 g/mol. The predicted octanol–water partition coefficient (Wildman–Crippen LogP) is 3.17.